The van der Waals surface area contributed by atoms with Gasteiger partial charge in [-0.15, -0.1) is 11.6 Å². The van der Waals surface area contributed by atoms with Crippen molar-refractivity contribution >= 4 is 11.6 Å². The lowest BCUT2D eigenvalue weighted by Gasteiger charge is -2.08. The molecule has 0 fully saturated rings. The van der Waals surface area contributed by atoms with E-state index in [2.05, 4.69) is 6.07 Å². The third kappa shape index (κ3) is 3.27. The molecule has 1 aromatic rings. The third-order valence-corrected chi connectivity index (χ3v) is 2.22. The van der Waals surface area contributed by atoms with Crippen LogP contribution in [0.15, 0.2) is 24.3 Å². The van der Waals surface area contributed by atoms with Gasteiger partial charge in [0.1, 0.15) is 5.75 Å². The molecule has 1 aromatic carbocycles. The van der Waals surface area contributed by atoms with Crippen molar-refractivity contribution in [2.24, 2.45) is 0 Å². The molecule has 0 saturated carbocycles. The first-order chi connectivity index (χ1) is 6.24. The summed E-state index contributed by atoms with van der Waals surface area (Å²) in [6.07, 6.45) is 1.97. The van der Waals surface area contributed by atoms with Crippen LogP contribution in [0.2, 0.25) is 0 Å². The smallest absolute Gasteiger partial charge is 0.122 e. The van der Waals surface area contributed by atoms with Gasteiger partial charge in [0.2, 0.25) is 0 Å². The zero-order valence-corrected chi connectivity index (χ0v) is 8.84. The molecule has 0 aliphatic rings. The molecule has 1 rings (SSSR count). The average Bonchev–Trinajstić information content (AvgIpc) is 2.15. The summed E-state index contributed by atoms with van der Waals surface area (Å²) in [6, 6.07) is 8.07. The molecular weight excluding hydrogens is 184 g/mol. The van der Waals surface area contributed by atoms with Crippen LogP contribution >= 0.6 is 11.6 Å². The second-order valence-electron chi connectivity index (χ2n) is 3.13. The molecular formula is C11H15ClO. The van der Waals surface area contributed by atoms with Crippen molar-refractivity contribution < 1.29 is 4.74 Å². The molecule has 0 saturated heterocycles. The van der Waals surface area contributed by atoms with Crippen molar-refractivity contribution in [2.45, 2.75) is 25.1 Å². The molecule has 0 spiro atoms. The van der Waals surface area contributed by atoms with Crippen molar-refractivity contribution in [3.8, 4) is 5.75 Å². The van der Waals surface area contributed by atoms with Gasteiger partial charge in [-0.3, -0.25) is 0 Å². The van der Waals surface area contributed by atoms with Crippen molar-refractivity contribution in [1.82, 2.24) is 0 Å². The Kier molecular flexibility index (Phi) is 4.10. The Labute approximate surface area is 84.7 Å². The van der Waals surface area contributed by atoms with Crippen LogP contribution in [0, 0.1) is 0 Å². The number of alkyl halides is 1. The number of aryl methyl sites for hydroxylation is 1. The summed E-state index contributed by atoms with van der Waals surface area (Å²) in [5.74, 6) is 0.958. The number of benzene rings is 1. The average molecular weight is 199 g/mol. The Morgan fingerprint density at radius 3 is 2.69 bits per heavy atom. The van der Waals surface area contributed by atoms with Gasteiger partial charge >= 0.3 is 0 Å². The highest BCUT2D eigenvalue weighted by atomic mass is 35.5. The van der Waals surface area contributed by atoms with Gasteiger partial charge in [0.15, 0.2) is 0 Å². The van der Waals surface area contributed by atoms with Crippen LogP contribution in [-0.2, 0) is 6.42 Å². The number of halogens is 1. The zero-order valence-electron chi connectivity index (χ0n) is 8.09. The summed E-state index contributed by atoms with van der Waals surface area (Å²) >= 11 is 5.88. The quantitative estimate of drug-likeness (QED) is 0.675. The Morgan fingerprint density at radius 2 is 2.08 bits per heavy atom. The van der Waals surface area contributed by atoms with Crippen LogP contribution in [0.4, 0.5) is 0 Å². The van der Waals surface area contributed by atoms with E-state index in [1.807, 2.05) is 25.1 Å². The van der Waals surface area contributed by atoms with E-state index < -0.39 is 0 Å². The number of methoxy groups -OCH3 is 1. The molecule has 0 N–H and O–H groups in total. The van der Waals surface area contributed by atoms with Crippen LogP contribution in [0.1, 0.15) is 18.9 Å². The minimum absolute atomic E-state index is 0.227. The fourth-order valence-electron chi connectivity index (χ4n) is 1.26. The van der Waals surface area contributed by atoms with Crippen LogP contribution in [0.25, 0.3) is 0 Å². The minimum Gasteiger partial charge on any atom is -0.496 e. The summed E-state index contributed by atoms with van der Waals surface area (Å²) in [7, 11) is 1.70. The topological polar surface area (TPSA) is 9.23 Å². The summed E-state index contributed by atoms with van der Waals surface area (Å²) in [5, 5.41) is 0.227. The minimum atomic E-state index is 0.227. The molecule has 0 aliphatic heterocycles. The molecule has 0 heterocycles. The van der Waals surface area contributed by atoms with E-state index >= 15 is 0 Å². The first kappa shape index (κ1) is 10.4. The van der Waals surface area contributed by atoms with E-state index in [-0.39, 0.29) is 5.38 Å². The van der Waals surface area contributed by atoms with Gasteiger partial charge in [-0.2, -0.15) is 0 Å². The second kappa shape index (κ2) is 5.13. The highest BCUT2D eigenvalue weighted by molar-refractivity contribution is 6.20. The van der Waals surface area contributed by atoms with Gasteiger partial charge in [0, 0.05) is 5.38 Å². The van der Waals surface area contributed by atoms with Crippen LogP contribution in [0.5, 0.6) is 5.75 Å². The van der Waals surface area contributed by atoms with E-state index in [0.717, 1.165) is 18.6 Å². The summed E-state index contributed by atoms with van der Waals surface area (Å²) in [6.45, 7) is 2.01. The highest BCUT2D eigenvalue weighted by Crippen LogP contribution is 2.20. The highest BCUT2D eigenvalue weighted by Gasteiger charge is 2.03. The number of hydrogen-bond acceptors (Lipinski definition) is 1. The van der Waals surface area contributed by atoms with Crippen LogP contribution < -0.4 is 4.74 Å². The molecule has 72 valence electrons. The lowest BCUT2D eigenvalue weighted by atomic mass is 10.1. The fraction of sp³-hybridized carbons (Fsp3) is 0.455. The summed E-state index contributed by atoms with van der Waals surface area (Å²) in [5.41, 5.74) is 1.23. The molecule has 0 radical (unpaired) electrons. The Morgan fingerprint density at radius 1 is 1.38 bits per heavy atom. The first-order valence-corrected chi connectivity index (χ1v) is 4.93. The summed E-state index contributed by atoms with van der Waals surface area (Å²) < 4.78 is 5.23. The zero-order chi connectivity index (χ0) is 9.68. The van der Waals surface area contributed by atoms with Gasteiger partial charge in [0.05, 0.1) is 7.11 Å². The maximum absolute atomic E-state index is 5.88. The lowest BCUT2D eigenvalue weighted by molar-refractivity contribution is 0.409. The van der Waals surface area contributed by atoms with Gasteiger partial charge in [-0.25, -0.2) is 0 Å². The van der Waals surface area contributed by atoms with E-state index in [1.165, 1.54) is 5.56 Å². The molecule has 2 heteroatoms. The van der Waals surface area contributed by atoms with E-state index in [0.29, 0.717) is 0 Å². The fourth-order valence-corrected chi connectivity index (χ4v) is 1.37. The molecule has 13 heavy (non-hydrogen) atoms. The Hall–Kier alpha value is -0.690. The monoisotopic (exact) mass is 198 g/mol. The number of hydrogen-bond donors (Lipinski definition) is 0. The van der Waals surface area contributed by atoms with Crippen molar-refractivity contribution in [1.29, 1.82) is 0 Å². The molecule has 0 bridgehead atoms. The Balaban J connectivity index is 2.64. The number of para-hydroxylation sites is 1. The second-order valence-corrected chi connectivity index (χ2v) is 3.88. The van der Waals surface area contributed by atoms with Crippen LogP contribution in [-0.4, -0.2) is 12.5 Å². The predicted octanol–water partition coefficient (Wildman–Crippen LogP) is 3.26. The van der Waals surface area contributed by atoms with E-state index in [1.54, 1.807) is 7.11 Å². The number of rotatable bonds is 4. The molecule has 1 nitrogen and oxygen atoms in total. The summed E-state index contributed by atoms with van der Waals surface area (Å²) in [4.78, 5) is 0. The lowest BCUT2D eigenvalue weighted by Crippen LogP contribution is -1.97. The molecule has 1 atom stereocenters. The molecule has 0 aliphatic carbocycles. The van der Waals surface area contributed by atoms with E-state index in [4.69, 9.17) is 16.3 Å². The maximum Gasteiger partial charge on any atom is 0.122 e. The van der Waals surface area contributed by atoms with Gasteiger partial charge in [-0.05, 0) is 31.4 Å². The van der Waals surface area contributed by atoms with Crippen LogP contribution in [0.3, 0.4) is 0 Å². The largest absolute Gasteiger partial charge is 0.496 e. The molecule has 0 amide bonds. The first-order valence-electron chi connectivity index (χ1n) is 4.50. The normalized spacial score (nSPS) is 12.5. The maximum atomic E-state index is 5.88. The Bertz CT molecular complexity index is 258. The van der Waals surface area contributed by atoms with E-state index in [9.17, 15) is 0 Å². The molecule has 1 unspecified atom stereocenters. The van der Waals surface area contributed by atoms with Gasteiger partial charge in [-0.1, -0.05) is 18.2 Å². The standard InChI is InChI=1S/C11H15ClO/c1-9(12)7-8-10-5-3-4-6-11(10)13-2/h3-6,9H,7-8H2,1-2H3. The molecule has 0 aromatic heterocycles. The van der Waals surface area contributed by atoms with Crippen molar-refractivity contribution in [2.75, 3.05) is 7.11 Å². The predicted molar refractivity (Wildman–Crippen MR) is 56.6 cm³/mol. The third-order valence-electron chi connectivity index (χ3n) is 2.00. The van der Waals surface area contributed by atoms with Crippen molar-refractivity contribution in [3.63, 3.8) is 0 Å². The van der Waals surface area contributed by atoms with Gasteiger partial charge < -0.3 is 4.74 Å². The number of ether oxygens (including phenoxy) is 1. The van der Waals surface area contributed by atoms with Crippen molar-refractivity contribution in [3.05, 3.63) is 29.8 Å². The SMILES string of the molecule is COc1ccccc1CCC(C)Cl. The van der Waals surface area contributed by atoms with Gasteiger partial charge in [0.25, 0.3) is 0 Å².